The number of rotatable bonds is 8. The number of aliphatic imine (C=N–C) groups is 1. The Morgan fingerprint density at radius 1 is 0.971 bits per heavy atom. The summed E-state index contributed by atoms with van der Waals surface area (Å²) in [4.78, 5) is 43.5. The zero-order valence-electron chi connectivity index (χ0n) is 19.0. The second-order valence-corrected chi connectivity index (χ2v) is 9.22. The number of thioether (sulfide) groups is 1. The number of carbonyl (C=O) groups excluding carboxylic acids is 2. The molecule has 1 aliphatic rings. The van der Waals surface area contributed by atoms with Crippen molar-refractivity contribution in [3.8, 4) is 0 Å². The Morgan fingerprint density at radius 2 is 1.63 bits per heavy atom. The van der Waals surface area contributed by atoms with E-state index in [1.165, 1.54) is 41.6 Å². The number of anilines is 1. The van der Waals surface area contributed by atoms with Gasteiger partial charge in [0.15, 0.2) is 5.17 Å². The lowest BCUT2D eigenvalue weighted by atomic mass is 10.1. The predicted octanol–water partition coefficient (Wildman–Crippen LogP) is 4.98. The Hall–Kier alpha value is -3.91. The molecule has 0 radical (unpaired) electrons. The third-order valence-corrected chi connectivity index (χ3v) is 6.69. The van der Waals surface area contributed by atoms with Gasteiger partial charge in [-0.25, -0.2) is 9.79 Å². The molecule has 1 unspecified atom stereocenters. The smallest absolute Gasteiger partial charge is 0.335 e. The van der Waals surface area contributed by atoms with Crippen LogP contribution in [0.5, 0.6) is 0 Å². The fraction of sp³-hybridized carbons (Fsp3) is 0.185. The van der Waals surface area contributed by atoms with Crippen molar-refractivity contribution in [2.24, 2.45) is 4.99 Å². The van der Waals surface area contributed by atoms with Crippen molar-refractivity contribution in [1.82, 2.24) is 4.90 Å². The van der Waals surface area contributed by atoms with Crippen molar-refractivity contribution in [1.29, 1.82) is 0 Å². The zero-order valence-corrected chi connectivity index (χ0v) is 19.8. The van der Waals surface area contributed by atoms with Crippen LogP contribution in [0.4, 0.5) is 11.4 Å². The van der Waals surface area contributed by atoms with Gasteiger partial charge in [0, 0.05) is 18.7 Å². The zero-order chi connectivity index (χ0) is 24.6. The van der Waals surface area contributed by atoms with Gasteiger partial charge in [0.2, 0.25) is 11.8 Å². The lowest BCUT2D eigenvalue weighted by Gasteiger charge is -2.32. The van der Waals surface area contributed by atoms with Crippen LogP contribution in [-0.4, -0.2) is 44.8 Å². The quantitative estimate of drug-likeness (QED) is 0.467. The number of amidine groups is 1. The summed E-state index contributed by atoms with van der Waals surface area (Å²) in [5.74, 6) is -1.51. The second-order valence-electron chi connectivity index (χ2n) is 8.05. The molecule has 0 spiro atoms. The van der Waals surface area contributed by atoms with Crippen LogP contribution in [0, 0.1) is 0 Å². The van der Waals surface area contributed by atoms with Crippen LogP contribution < -0.4 is 5.32 Å². The van der Waals surface area contributed by atoms with Gasteiger partial charge in [0.25, 0.3) is 0 Å². The molecule has 0 aliphatic carbocycles. The van der Waals surface area contributed by atoms with E-state index in [1.54, 1.807) is 4.90 Å². The Labute approximate surface area is 207 Å². The molecule has 35 heavy (non-hydrogen) atoms. The normalized spacial score (nSPS) is 16.8. The molecule has 1 fully saturated rings. The third-order valence-electron chi connectivity index (χ3n) is 5.50. The summed E-state index contributed by atoms with van der Waals surface area (Å²) >= 11 is 1.27. The van der Waals surface area contributed by atoms with Crippen LogP contribution >= 0.6 is 11.8 Å². The Kier molecular flexibility index (Phi) is 7.95. The van der Waals surface area contributed by atoms with Gasteiger partial charge >= 0.3 is 5.97 Å². The van der Waals surface area contributed by atoms with Crippen molar-refractivity contribution >= 4 is 46.1 Å². The summed E-state index contributed by atoms with van der Waals surface area (Å²) in [5.41, 5.74) is 2.52. The molecule has 178 valence electrons. The third kappa shape index (κ3) is 6.58. The van der Waals surface area contributed by atoms with Crippen LogP contribution in [0.3, 0.4) is 0 Å². The standard InChI is InChI=1S/C27H25N3O4S/c31-24-18-23(25(32)28-22-15-13-20(14-16-22)26(33)34)35-27(29-21-11-5-2-6-12-21)30(24)17-7-10-19-8-3-1-4-9-19/h1-6,8-9,11-16,23H,7,10,17-18H2,(H,28,32)(H,33,34). The first-order valence-electron chi connectivity index (χ1n) is 11.3. The molecule has 8 heteroatoms. The molecule has 1 aliphatic heterocycles. The van der Waals surface area contributed by atoms with Gasteiger partial charge in [-0.1, -0.05) is 60.3 Å². The summed E-state index contributed by atoms with van der Waals surface area (Å²) in [6, 6.07) is 25.4. The Bertz CT molecular complexity index is 1210. The first-order valence-corrected chi connectivity index (χ1v) is 12.2. The molecule has 2 N–H and O–H groups in total. The van der Waals surface area contributed by atoms with Crippen molar-refractivity contribution in [2.75, 3.05) is 11.9 Å². The topological polar surface area (TPSA) is 99.1 Å². The van der Waals surface area contributed by atoms with E-state index in [4.69, 9.17) is 5.11 Å². The number of carboxylic acid groups (broad SMARTS) is 1. The number of aromatic carboxylic acids is 1. The van der Waals surface area contributed by atoms with E-state index in [-0.39, 0.29) is 23.8 Å². The molecular weight excluding hydrogens is 462 g/mol. The molecule has 0 bridgehead atoms. The van der Waals surface area contributed by atoms with Gasteiger partial charge in [-0.05, 0) is 54.8 Å². The summed E-state index contributed by atoms with van der Waals surface area (Å²) in [6.07, 6.45) is 1.67. The largest absolute Gasteiger partial charge is 0.478 e. The number of carbonyl (C=O) groups is 3. The maximum absolute atomic E-state index is 13.1. The average Bonchev–Trinajstić information content (AvgIpc) is 2.87. The molecule has 0 aromatic heterocycles. The molecule has 4 rings (SSSR count). The van der Waals surface area contributed by atoms with Gasteiger partial charge in [-0.3, -0.25) is 14.5 Å². The maximum atomic E-state index is 13.1. The minimum absolute atomic E-state index is 0.0584. The van der Waals surface area contributed by atoms with Crippen LogP contribution in [-0.2, 0) is 16.0 Å². The fourth-order valence-corrected chi connectivity index (χ4v) is 4.80. The van der Waals surface area contributed by atoms with Crippen molar-refractivity contribution < 1.29 is 19.5 Å². The van der Waals surface area contributed by atoms with Crippen molar-refractivity contribution in [3.05, 3.63) is 96.1 Å². The lowest BCUT2D eigenvalue weighted by molar-refractivity contribution is -0.129. The molecule has 2 amide bonds. The Balaban J connectivity index is 1.47. The van der Waals surface area contributed by atoms with Crippen molar-refractivity contribution in [2.45, 2.75) is 24.5 Å². The number of hydrogen-bond acceptors (Lipinski definition) is 5. The van der Waals surface area contributed by atoms with Crippen LogP contribution in [0.25, 0.3) is 0 Å². The fourth-order valence-electron chi connectivity index (χ4n) is 3.68. The molecule has 1 atom stereocenters. The van der Waals surface area contributed by atoms with Gasteiger partial charge in [-0.2, -0.15) is 0 Å². The van der Waals surface area contributed by atoms with Crippen LogP contribution in [0.15, 0.2) is 89.9 Å². The number of nitrogens with zero attached hydrogens (tertiary/aromatic N) is 2. The van der Waals surface area contributed by atoms with Crippen LogP contribution in [0.1, 0.15) is 28.8 Å². The van der Waals surface area contributed by atoms with E-state index in [9.17, 15) is 14.4 Å². The average molecular weight is 488 g/mol. The minimum Gasteiger partial charge on any atom is -0.478 e. The SMILES string of the molecule is O=C(O)c1ccc(NC(=O)C2CC(=O)N(CCCc3ccccc3)C(=Nc3ccccc3)S2)cc1. The van der Waals surface area contributed by atoms with Gasteiger partial charge in [0.05, 0.1) is 11.3 Å². The first kappa shape index (κ1) is 24.2. The number of benzene rings is 3. The van der Waals surface area contributed by atoms with Gasteiger partial charge in [-0.15, -0.1) is 0 Å². The highest BCUT2D eigenvalue weighted by molar-refractivity contribution is 8.15. The minimum atomic E-state index is -1.04. The number of aryl methyl sites for hydroxylation is 1. The number of nitrogens with one attached hydrogen (secondary N) is 1. The van der Waals surface area contributed by atoms with E-state index in [2.05, 4.69) is 22.4 Å². The molecule has 7 nitrogen and oxygen atoms in total. The van der Waals surface area contributed by atoms with E-state index in [1.807, 2.05) is 48.5 Å². The van der Waals surface area contributed by atoms with Crippen LogP contribution in [0.2, 0.25) is 0 Å². The van der Waals surface area contributed by atoms with E-state index >= 15 is 0 Å². The number of amides is 2. The van der Waals surface area contributed by atoms with E-state index < -0.39 is 11.2 Å². The molecular formula is C27H25N3O4S. The molecule has 1 saturated heterocycles. The summed E-state index contributed by atoms with van der Waals surface area (Å²) < 4.78 is 0. The highest BCUT2D eigenvalue weighted by Gasteiger charge is 2.35. The maximum Gasteiger partial charge on any atom is 0.335 e. The number of hydrogen-bond donors (Lipinski definition) is 2. The molecule has 0 saturated carbocycles. The Morgan fingerprint density at radius 3 is 2.29 bits per heavy atom. The highest BCUT2D eigenvalue weighted by atomic mass is 32.2. The summed E-state index contributed by atoms with van der Waals surface area (Å²) in [7, 11) is 0. The predicted molar refractivity (Wildman–Crippen MR) is 138 cm³/mol. The summed E-state index contributed by atoms with van der Waals surface area (Å²) in [6.45, 7) is 0.511. The van der Waals surface area contributed by atoms with E-state index in [0.717, 1.165) is 12.8 Å². The number of carboxylic acids is 1. The van der Waals surface area contributed by atoms with Gasteiger partial charge in [0.1, 0.15) is 5.25 Å². The highest BCUT2D eigenvalue weighted by Crippen LogP contribution is 2.30. The van der Waals surface area contributed by atoms with E-state index in [0.29, 0.717) is 23.1 Å². The second kappa shape index (κ2) is 11.5. The molecule has 3 aromatic carbocycles. The molecule has 1 heterocycles. The first-order chi connectivity index (χ1) is 17.0. The molecule has 3 aromatic rings. The number of para-hydroxylation sites is 1. The lowest BCUT2D eigenvalue weighted by Crippen LogP contribution is -2.45. The monoisotopic (exact) mass is 487 g/mol. The van der Waals surface area contributed by atoms with Crippen molar-refractivity contribution in [3.63, 3.8) is 0 Å². The summed E-state index contributed by atoms with van der Waals surface area (Å²) in [5, 5.41) is 11.7. The van der Waals surface area contributed by atoms with Gasteiger partial charge < -0.3 is 10.4 Å².